The molecule has 0 spiro atoms. The zero-order valence-corrected chi connectivity index (χ0v) is 12.4. The first kappa shape index (κ1) is 13.3. The van der Waals surface area contributed by atoms with E-state index in [-0.39, 0.29) is 5.91 Å². The van der Waals surface area contributed by atoms with Gasteiger partial charge in [-0.2, -0.15) is 0 Å². The molecule has 102 valence electrons. The van der Waals surface area contributed by atoms with Crippen molar-refractivity contribution in [2.45, 2.75) is 12.5 Å². The zero-order valence-electron chi connectivity index (χ0n) is 10.8. The Balaban J connectivity index is 1.97. The third kappa shape index (κ3) is 2.37. The molecule has 0 aromatic heterocycles. The van der Waals surface area contributed by atoms with Crippen molar-refractivity contribution in [2.75, 3.05) is 11.4 Å². The Morgan fingerprint density at radius 2 is 1.85 bits per heavy atom. The van der Waals surface area contributed by atoms with Crippen LogP contribution in [0.25, 0.3) is 0 Å². The molecule has 1 N–H and O–H groups in total. The molecule has 1 aliphatic rings. The van der Waals surface area contributed by atoms with E-state index in [0.29, 0.717) is 18.5 Å². The SMILES string of the molecule is O=C(c1ccc(Br)cc1)N1CCC(O)c2ccccc21. The predicted octanol–water partition coefficient (Wildman–Crippen LogP) is 3.53. The molecule has 4 heteroatoms. The second-order valence-electron chi connectivity index (χ2n) is 4.83. The molecule has 3 nitrogen and oxygen atoms in total. The summed E-state index contributed by atoms with van der Waals surface area (Å²) in [5, 5.41) is 10.0. The van der Waals surface area contributed by atoms with Gasteiger partial charge in [0.1, 0.15) is 0 Å². The van der Waals surface area contributed by atoms with Crippen LogP contribution in [0.1, 0.15) is 28.4 Å². The van der Waals surface area contributed by atoms with E-state index in [1.54, 1.807) is 17.0 Å². The lowest BCUT2D eigenvalue weighted by Gasteiger charge is -2.32. The lowest BCUT2D eigenvalue weighted by atomic mass is 9.98. The second-order valence-corrected chi connectivity index (χ2v) is 5.74. The van der Waals surface area contributed by atoms with E-state index in [9.17, 15) is 9.90 Å². The van der Waals surface area contributed by atoms with Crippen LogP contribution in [-0.2, 0) is 0 Å². The first-order valence-corrected chi connectivity index (χ1v) is 7.30. The number of hydrogen-bond donors (Lipinski definition) is 1. The van der Waals surface area contributed by atoms with Crippen LogP contribution in [0.5, 0.6) is 0 Å². The Morgan fingerprint density at radius 1 is 1.15 bits per heavy atom. The van der Waals surface area contributed by atoms with Gasteiger partial charge in [0.15, 0.2) is 0 Å². The molecular weight excluding hydrogens is 318 g/mol. The number of aliphatic hydroxyl groups excluding tert-OH is 1. The largest absolute Gasteiger partial charge is 0.388 e. The van der Waals surface area contributed by atoms with Crippen molar-refractivity contribution in [1.29, 1.82) is 0 Å². The molecule has 0 fully saturated rings. The van der Waals surface area contributed by atoms with Crippen LogP contribution >= 0.6 is 15.9 Å². The van der Waals surface area contributed by atoms with Gasteiger partial charge in [0.25, 0.3) is 5.91 Å². The minimum Gasteiger partial charge on any atom is -0.388 e. The second kappa shape index (κ2) is 5.38. The van der Waals surface area contributed by atoms with Crippen molar-refractivity contribution in [1.82, 2.24) is 0 Å². The number of para-hydroxylation sites is 1. The Kier molecular flexibility index (Phi) is 3.59. The molecule has 1 aliphatic heterocycles. The Morgan fingerprint density at radius 3 is 2.60 bits per heavy atom. The summed E-state index contributed by atoms with van der Waals surface area (Å²) >= 11 is 3.37. The third-order valence-corrected chi connectivity index (χ3v) is 4.08. The lowest BCUT2D eigenvalue weighted by Crippen LogP contribution is -2.36. The van der Waals surface area contributed by atoms with E-state index in [0.717, 1.165) is 15.7 Å². The molecule has 0 radical (unpaired) electrons. The molecule has 1 atom stereocenters. The maximum Gasteiger partial charge on any atom is 0.258 e. The van der Waals surface area contributed by atoms with Crippen molar-refractivity contribution < 1.29 is 9.90 Å². The highest BCUT2D eigenvalue weighted by molar-refractivity contribution is 9.10. The van der Waals surface area contributed by atoms with E-state index < -0.39 is 6.10 Å². The van der Waals surface area contributed by atoms with Gasteiger partial charge in [0.05, 0.1) is 6.10 Å². The molecule has 0 saturated carbocycles. The smallest absolute Gasteiger partial charge is 0.258 e. The van der Waals surface area contributed by atoms with Gasteiger partial charge >= 0.3 is 0 Å². The van der Waals surface area contributed by atoms with Gasteiger partial charge in [-0.1, -0.05) is 34.1 Å². The molecule has 0 saturated heterocycles. The zero-order chi connectivity index (χ0) is 14.1. The molecule has 1 unspecified atom stereocenters. The highest BCUT2D eigenvalue weighted by atomic mass is 79.9. The number of anilines is 1. The van der Waals surface area contributed by atoms with E-state index in [1.807, 2.05) is 36.4 Å². The first-order valence-electron chi connectivity index (χ1n) is 6.51. The molecule has 20 heavy (non-hydrogen) atoms. The van der Waals surface area contributed by atoms with Crippen LogP contribution in [0.3, 0.4) is 0 Å². The summed E-state index contributed by atoms with van der Waals surface area (Å²) in [6, 6.07) is 14.9. The van der Waals surface area contributed by atoms with Crippen molar-refractivity contribution in [3.63, 3.8) is 0 Å². The average molecular weight is 332 g/mol. The quantitative estimate of drug-likeness (QED) is 0.868. The summed E-state index contributed by atoms with van der Waals surface area (Å²) in [4.78, 5) is 14.4. The Hall–Kier alpha value is -1.65. The van der Waals surface area contributed by atoms with Gasteiger partial charge in [-0.05, 0) is 36.8 Å². The van der Waals surface area contributed by atoms with E-state index in [1.165, 1.54) is 0 Å². The van der Waals surface area contributed by atoms with Gasteiger partial charge < -0.3 is 10.0 Å². The van der Waals surface area contributed by atoms with Crippen LogP contribution in [0.2, 0.25) is 0 Å². The van der Waals surface area contributed by atoms with E-state index >= 15 is 0 Å². The van der Waals surface area contributed by atoms with Crippen molar-refractivity contribution in [3.05, 3.63) is 64.1 Å². The van der Waals surface area contributed by atoms with Crippen molar-refractivity contribution >= 4 is 27.5 Å². The molecule has 2 aromatic carbocycles. The van der Waals surface area contributed by atoms with Crippen LogP contribution < -0.4 is 4.90 Å². The summed E-state index contributed by atoms with van der Waals surface area (Å²) < 4.78 is 0.948. The highest BCUT2D eigenvalue weighted by Gasteiger charge is 2.27. The monoisotopic (exact) mass is 331 g/mol. The topological polar surface area (TPSA) is 40.5 Å². The minimum absolute atomic E-state index is 0.0307. The van der Waals surface area contributed by atoms with Crippen molar-refractivity contribution in [3.8, 4) is 0 Å². The number of halogens is 1. The van der Waals surface area contributed by atoms with Crippen LogP contribution in [0.4, 0.5) is 5.69 Å². The van der Waals surface area contributed by atoms with Crippen LogP contribution in [-0.4, -0.2) is 17.6 Å². The van der Waals surface area contributed by atoms with Crippen LogP contribution in [0, 0.1) is 0 Å². The predicted molar refractivity (Wildman–Crippen MR) is 81.8 cm³/mol. The van der Waals surface area contributed by atoms with Crippen molar-refractivity contribution in [2.24, 2.45) is 0 Å². The standard InChI is InChI=1S/C16H14BrNO2/c17-12-7-5-11(6-8-12)16(20)18-10-9-15(19)13-3-1-2-4-14(13)18/h1-8,15,19H,9-10H2. The van der Waals surface area contributed by atoms with Gasteiger partial charge in [0, 0.05) is 27.8 Å². The molecule has 1 amide bonds. The molecule has 1 heterocycles. The summed E-state index contributed by atoms with van der Waals surface area (Å²) in [5.74, 6) is -0.0307. The van der Waals surface area contributed by atoms with Gasteiger partial charge in [-0.15, -0.1) is 0 Å². The van der Waals surface area contributed by atoms with Gasteiger partial charge in [-0.3, -0.25) is 4.79 Å². The fourth-order valence-electron chi connectivity index (χ4n) is 2.50. The summed E-state index contributed by atoms with van der Waals surface area (Å²) in [5.41, 5.74) is 2.28. The first-order chi connectivity index (χ1) is 9.66. The summed E-state index contributed by atoms with van der Waals surface area (Å²) in [6.45, 7) is 0.535. The van der Waals surface area contributed by atoms with E-state index in [4.69, 9.17) is 0 Å². The molecule has 0 bridgehead atoms. The fourth-order valence-corrected chi connectivity index (χ4v) is 2.77. The number of nitrogens with zero attached hydrogens (tertiary/aromatic N) is 1. The number of hydrogen-bond acceptors (Lipinski definition) is 2. The minimum atomic E-state index is -0.486. The number of benzene rings is 2. The normalized spacial score (nSPS) is 17.7. The third-order valence-electron chi connectivity index (χ3n) is 3.55. The Labute approximate surface area is 126 Å². The number of fused-ring (bicyclic) bond motifs is 1. The number of rotatable bonds is 1. The van der Waals surface area contributed by atoms with E-state index in [2.05, 4.69) is 15.9 Å². The lowest BCUT2D eigenvalue weighted by molar-refractivity contribution is 0.0970. The number of carbonyl (C=O) groups is 1. The summed E-state index contributed by atoms with van der Waals surface area (Å²) in [7, 11) is 0. The van der Waals surface area contributed by atoms with Crippen LogP contribution in [0.15, 0.2) is 53.0 Å². The molecule has 2 aromatic rings. The molecular formula is C16H14BrNO2. The average Bonchev–Trinajstić information content (AvgIpc) is 2.48. The fraction of sp³-hybridized carbons (Fsp3) is 0.188. The Bertz CT molecular complexity index is 639. The highest BCUT2D eigenvalue weighted by Crippen LogP contribution is 2.34. The molecule has 0 aliphatic carbocycles. The number of carbonyl (C=O) groups excluding carboxylic acids is 1. The summed E-state index contributed by atoms with van der Waals surface area (Å²) in [6.07, 6.45) is 0.0828. The molecule has 3 rings (SSSR count). The maximum atomic E-state index is 12.6. The maximum absolute atomic E-state index is 12.6. The van der Waals surface area contributed by atoms with Gasteiger partial charge in [-0.25, -0.2) is 0 Å². The number of amides is 1. The number of aliphatic hydroxyl groups is 1. The van der Waals surface area contributed by atoms with Gasteiger partial charge in [0.2, 0.25) is 0 Å².